The quantitative estimate of drug-likeness (QED) is 0.908. The van der Waals surface area contributed by atoms with Gasteiger partial charge in [-0.05, 0) is 31.5 Å². The fourth-order valence-corrected chi connectivity index (χ4v) is 2.20. The summed E-state index contributed by atoms with van der Waals surface area (Å²) in [6.45, 7) is 5.37. The number of amides is 2. The van der Waals surface area contributed by atoms with E-state index in [1.807, 2.05) is 0 Å². The van der Waals surface area contributed by atoms with Gasteiger partial charge in [-0.3, -0.25) is 9.59 Å². The Balaban J connectivity index is 1.99. The van der Waals surface area contributed by atoms with Crippen molar-refractivity contribution >= 4 is 11.8 Å². The number of hydrogen-bond acceptors (Lipinski definition) is 3. The van der Waals surface area contributed by atoms with Crippen LogP contribution in [0.3, 0.4) is 0 Å². The van der Waals surface area contributed by atoms with Gasteiger partial charge in [0.2, 0.25) is 5.91 Å². The molecule has 1 saturated heterocycles. The van der Waals surface area contributed by atoms with E-state index in [-0.39, 0.29) is 11.5 Å². The van der Waals surface area contributed by atoms with Crippen LogP contribution in [0.4, 0.5) is 4.39 Å². The minimum Gasteiger partial charge on any atom is -0.378 e. The van der Waals surface area contributed by atoms with Crippen LogP contribution in [-0.2, 0) is 9.53 Å². The largest absolute Gasteiger partial charge is 0.378 e. The van der Waals surface area contributed by atoms with Crippen LogP contribution in [0.15, 0.2) is 18.2 Å². The lowest BCUT2D eigenvalue weighted by Crippen LogP contribution is -2.50. The van der Waals surface area contributed by atoms with Gasteiger partial charge in [-0.2, -0.15) is 0 Å². The molecule has 5 nitrogen and oxygen atoms in total. The Morgan fingerprint density at radius 1 is 1.33 bits per heavy atom. The summed E-state index contributed by atoms with van der Waals surface area (Å²) in [7, 11) is 0. The Morgan fingerprint density at radius 2 is 2.00 bits per heavy atom. The zero-order valence-electron chi connectivity index (χ0n) is 12.2. The van der Waals surface area contributed by atoms with Gasteiger partial charge in [0, 0.05) is 13.1 Å². The number of benzene rings is 1. The van der Waals surface area contributed by atoms with E-state index >= 15 is 0 Å². The normalized spacial score (nSPS) is 16.4. The molecule has 114 valence electrons. The van der Waals surface area contributed by atoms with E-state index in [0.717, 1.165) is 5.56 Å². The predicted octanol–water partition coefficient (Wildman–Crippen LogP) is 1.11. The van der Waals surface area contributed by atoms with Crippen molar-refractivity contribution in [1.82, 2.24) is 10.2 Å². The number of carbonyl (C=O) groups is 2. The fraction of sp³-hybridized carbons (Fsp3) is 0.467. The van der Waals surface area contributed by atoms with Gasteiger partial charge in [0.25, 0.3) is 5.91 Å². The van der Waals surface area contributed by atoms with Gasteiger partial charge in [-0.15, -0.1) is 0 Å². The Morgan fingerprint density at radius 3 is 2.62 bits per heavy atom. The highest BCUT2D eigenvalue weighted by atomic mass is 19.1. The zero-order chi connectivity index (χ0) is 15.4. The van der Waals surface area contributed by atoms with Gasteiger partial charge in [0.15, 0.2) is 0 Å². The van der Waals surface area contributed by atoms with E-state index in [2.05, 4.69) is 5.32 Å². The average molecular weight is 294 g/mol. The maximum absolute atomic E-state index is 13.7. The molecule has 1 aliphatic heterocycles. The third-order valence-corrected chi connectivity index (χ3v) is 3.41. The highest BCUT2D eigenvalue weighted by Gasteiger charge is 2.24. The number of nitrogens with one attached hydrogen (secondary N) is 1. The summed E-state index contributed by atoms with van der Waals surface area (Å²) in [4.78, 5) is 25.8. The molecule has 0 saturated carbocycles. The molecule has 1 unspecified atom stereocenters. The minimum atomic E-state index is -0.698. The number of morpholine rings is 1. The molecule has 0 bridgehead atoms. The second-order valence-electron chi connectivity index (χ2n) is 5.12. The van der Waals surface area contributed by atoms with Crippen LogP contribution in [0.25, 0.3) is 0 Å². The molecule has 0 aromatic heterocycles. The summed E-state index contributed by atoms with van der Waals surface area (Å²) in [5, 5.41) is 2.54. The van der Waals surface area contributed by atoms with Gasteiger partial charge < -0.3 is 15.0 Å². The average Bonchev–Trinajstić information content (AvgIpc) is 2.47. The van der Waals surface area contributed by atoms with E-state index in [0.29, 0.717) is 26.3 Å². The van der Waals surface area contributed by atoms with Crippen LogP contribution in [0.2, 0.25) is 0 Å². The Labute approximate surface area is 123 Å². The van der Waals surface area contributed by atoms with Crippen molar-refractivity contribution in [3.63, 3.8) is 0 Å². The van der Waals surface area contributed by atoms with Crippen molar-refractivity contribution in [2.45, 2.75) is 19.9 Å². The van der Waals surface area contributed by atoms with Crippen molar-refractivity contribution in [3.05, 3.63) is 35.1 Å². The second-order valence-corrected chi connectivity index (χ2v) is 5.12. The monoisotopic (exact) mass is 294 g/mol. The number of ether oxygens (including phenoxy) is 1. The Bertz CT molecular complexity index is 542. The Kier molecular flexibility index (Phi) is 4.90. The van der Waals surface area contributed by atoms with E-state index in [4.69, 9.17) is 4.74 Å². The zero-order valence-corrected chi connectivity index (χ0v) is 12.2. The molecule has 21 heavy (non-hydrogen) atoms. The number of halogens is 1. The molecule has 0 spiro atoms. The molecule has 0 aliphatic carbocycles. The molecule has 0 radical (unpaired) electrons. The van der Waals surface area contributed by atoms with Crippen LogP contribution in [0.5, 0.6) is 0 Å². The third kappa shape index (κ3) is 3.78. The van der Waals surface area contributed by atoms with Gasteiger partial charge in [-0.1, -0.05) is 6.07 Å². The van der Waals surface area contributed by atoms with E-state index in [9.17, 15) is 14.0 Å². The minimum absolute atomic E-state index is 0.0535. The summed E-state index contributed by atoms with van der Waals surface area (Å²) in [5.41, 5.74) is 0.684. The fourth-order valence-electron chi connectivity index (χ4n) is 2.20. The summed E-state index contributed by atoms with van der Waals surface area (Å²) in [6, 6.07) is 3.68. The maximum Gasteiger partial charge on any atom is 0.254 e. The lowest BCUT2D eigenvalue weighted by Gasteiger charge is -2.29. The topological polar surface area (TPSA) is 58.6 Å². The Hall–Kier alpha value is -1.95. The van der Waals surface area contributed by atoms with Crippen LogP contribution >= 0.6 is 0 Å². The molecular formula is C15H19FN2O3. The number of aryl methyl sites for hydroxylation is 1. The van der Waals surface area contributed by atoms with Gasteiger partial charge in [-0.25, -0.2) is 4.39 Å². The molecule has 1 atom stereocenters. The second kappa shape index (κ2) is 6.67. The molecule has 1 aromatic carbocycles. The van der Waals surface area contributed by atoms with Crippen molar-refractivity contribution in [1.29, 1.82) is 0 Å². The van der Waals surface area contributed by atoms with Crippen LogP contribution in [0, 0.1) is 12.7 Å². The van der Waals surface area contributed by atoms with Crippen LogP contribution < -0.4 is 5.32 Å². The van der Waals surface area contributed by atoms with Gasteiger partial charge >= 0.3 is 0 Å². The van der Waals surface area contributed by atoms with E-state index in [1.165, 1.54) is 12.1 Å². The highest BCUT2D eigenvalue weighted by molar-refractivity contribution is 5.97. The standard InChI is InChI=1S/C15H19FN2O3/c1-10-3-4-12(13(16)9-10)14(19)17-11(2)15(20)18-5-7-21-8-6-18/h3-4,9,11H,5-8H2,1-2H3,(H,17,19). The molecule has 2 rings (SSSR count). The van der Waals surface area contributed by atoms with Crippen molar-refractivity contribution in [2.75, 3.05) is 26.3 Å². The molecular weight excluding hydrogens is 275 g/mol. The summed E-state index contributed by atoms with van der Waals surface area (Å²) >= 11 is 0. The predicted molar refractivity (Wildman–Crippen MR) is 75.5 cm³/mol. The first kappa shape index (κ1) is 15.4. The summed E-state index contributed by atoms with van der Waals surface area (Å²) in [6.07, 6.45) is 0. The van der Waals surface area contributed by atoms with Crippen LogP contribution in [0.1, 0.15) is 22.8 Å². The van der Waals surface area contributed by atoms with Crippen molar-refractivity contribution < 1.29 is 18.7 Å². The summed E-state index contributed by atoms with van der Waals surface area (Å²) in [5.74, 6) is -1.35. The number of rotatable bonds is 3. The molecule has 6 heteroatoms. The molecule has 1 fully saturated rings. The first-order chi connectivity index (χ1) is 9.99. The number of nitrogens with zero attached hydrogens (tertiary/aromatic N) is 1. The lowest BCUT2D eigenvalue weighted by atomic mass is 10.1. The van der Waals surface area contributed by atoms with Crippen molar-refractivity contribution in [2.24, 2.45) is 0 Å². The van der Waals surface area contributed by atoms with Gasteiger partial charge in [0.1, 0.15) is 11.9 Å². The first-order valence-corrected chi connectivity index (χ1v) is 6.92. The highest BCUT2D eigenvalue weighted by Crippen LogP contribution is 2.10. The van der Waals surface area contributed by atoms with E-state index < -0.39 is 17.8 Å². The molecule has 1 N–H and O–H groups in total. The molecule has 1 heterocycles. The first-order valence-electron chi connectivity index (χ1n) is 6.92. The van der Waals surface area contributed by atoms with Gasteiger partial charge in [0.05, 0.1) is 18.8 Å². The molecule has 1 aromatic rings. The molecule has 2 amide bonds. The lowest BCUT2D eigenvalue weighted by molar-refractivity contribution is -0.136. The third-order valence-electron chi connectivity index (χ3n) is 3.41. The number of hydrogen-bond donors (Lipinski definition) is 1. The van der Waals surface area contributed by atoms with Crippen LogP contribution in [-0.4, -0.2) is 49.1 Å². The van der Waals surface area contributed by atoms with E-state index in [1.54, 1.807) is 24.8 Å². The smallest absolute Gasteiger partial charge is 0.254 e. The number of carbonyl (C=O) groups excluding carboxylic acids is 2. The SMILES string of the molecule is Cc1ccc(C(=O)NC(C)C(=O)N2CCOCC2)c(F)c1. The maximum atomic E-state index is 13.7. The van der Waals surface area contributed by atoms with Crippen molar-refractivity contribution in [3.8, 4) is 0 Å². The molecule has 1 aliphatic rings. The summed E-state index contributed by atoms with van der Waals surface area (Å²) < 4.78 is 18.9.